The molecule has 0 spiro atoms. The highest BCUT2D eigenvalue weighted by atomic mass is 16.5. The van der Waals surface area contributed by atoms with Crippen molar-refractivity contribution in [1.82, 2.24) is 4.90 Å². The molecule has 1 aromatic carbocycles. The summed E-state index contributed by atoms with van der Waals surface area (Å²) in [6, 6.07) is 7.90. The van der Waals surface area contributed by atoms with E-state index in [1.165, 1.54) is 0 Å². The maximum absolute atomic E-state index is 11.7. The SMILES string of the molecule is COc1ccccc1CN(C)CC1(C(=O)O)CCCCC1. The summed E-state index contributed by atoms with van der Waals surface area (Å²) >= 11 is 0. The molecular weight excluding hydrogens is 266 g/mol. The average Bonchev–Trinajstić information content (AvgIpc) is 2.48. The second-order valence-electron chi connectivity index (χ2n) is 6.13. The fraction of sp³-hybridized carbons (Fsp3) is 0.588. The first-order chi connectivity index (χ1) is 10.1. The zero-order valence-electron chi connectivity index (χ0n) is 13.0. The van der Waals surface area contributed by atoms with Gasteiger partial charge in [-0.15, -0.1) is 0 Å². The van der Waals surface area contributed by atoms with Crippen LogP contribution in [0.1, 0.15) is 37.7 Å². The van der Waals surface area contributed by atoms with Crippen LogP contribution in [0.3, 0.4) is 0 Å². The van der Waals surface area contributed by atoms with E-state index in [0.717, 1.165) is 43.4 Å². The standard InChI is InChI=1S/C17H25NO3/c1-18(12-14-8-4-5-9-15(14)21-2)13-17(16(19)20)10-6-3-7-11-17/h4-5,8-9H,3,6-7,10-13H2,1-2H3,(H,19,20). The lowest BCUT2D eigenvalue weighted by molar-refractivity contribution is -0.152. The number of methoxy groups -OCH3 is 1. The monoisotopic (exact) mass is 291 g/mol. The van der Waals surface area contributed by atoms with Crippen LogP contribution in [0.25, 0.3) is 0 Å². The number of benzene rings is 1. The van der Waals surface area contributed by atoms with E-state index in [4.69, 9.17) is 4.74 Å². The highest BCUT2D eigenvalue weighted by Gasteiger charge is 2.40. The van der Waals surface area contributed by atoms with Gasteiger partial charge in [-0.25, -0.2) is 0 Å². The van der Waals surface area contributed by atoms with Crippen LogP contribution in [0, 0.1) is 5.41 Å². The molecule has 0 aliphatic heterocycles. The smallest absolute Gasteiger partial charge is 0.310 e. The predicted octanol–water partition coefficient (Wildman–Crippen LogP) is 3.16. The van der Waals surface area contributed by atoms with Crippen LogP contribution in [0.15, 0.2) is 24.3 Å². The third-order valence-corrected chi connectivity index (χ3v) is 4.47. The fourth-order valence-corrected chi connectivity index (χ4v) is 3.37. The highest BCUT2D eigenvalue weighted by molar-refractivity contribution is 5.75. The van der Waals surface area contributed by atoms with E-state index in [0.29, 0.717) is 13.1 Å². The molecule has 0 heterocycles. The summed E-state index contributed by atoms with van der Waals surface area (Å²) < 4.78 is 5.37. The Balaban J connectivity index is 2.05. The molecule has 2 rings (SSSR count). The Hall–Kier alpha value is -1.55. The first-order valence-corrected chi connectivity index (χ1v) is 7.61. The Labute approximate surface area is 126 Å². The molecule has 0 aromatic heterocycles. The molecule has 1 fully saturated rings. The Morgan fingerprint density at radius 1 is 1.29 bits per heavy atom. The molecule has 116 valence electrons. The second kappa shape index (κ2) is 6.94. The summed E-state index contributed by atoms with van der Waals surface area (Å²) in [5, 5.41) is 9.65. The van der Waals surface area contributed by atoms with E-state index in [2.05, 4.69) is 4.90 Å². The number of carboxylic acids is 1. The summed E-state index contributed by atoms with van der Waals surface area (Å²) in [6.07, 6.45) is 4.78. The minimum Gasteiger partial charge on any atom is -0.496 e. The normalized spacial score (nSPS) is 17.7. The molecule has 0 atom stereocenters. The number of rotatable bonds is 6. The van der Waals surface area contributed by atoms with E-state index in [-0.39, 0.29) is 0 Å². The molecule has 4 heteroatoms. The number of hydrogen-bond donors (Lipinski definition) is 1. The maximum atomic E-state index is 11.7. The van der Waals surface area contributed by atoms with Gasteiger partial charge in [0.25, 0.3) is 0 Å². The van der Waals surface area contributed by atoms with E-state index in [1.54, 1.807) is 7.11 Å². The lowest BCUT2D eigenvalue weighted by Crippen LogP contribution is -2.43. The summed E-state index contributed by atoms with van der Waals surface area (Å²) in [7, 11) is 3.66. The minimum absolute atomic E-state index is 0.574. The molecule has 0 radical (unpaired) electrons. The van der Waals surface area contributed by atoms with Crippen molar-refractivity contribution >= 4 is 5.97 Å². The largest absolute Gasteiger partial charge is 0.496 e. The first kappa shape index (κ1) is 15.8. The second-order valence-corrected chi connectivity index (χ2v) is 6.13. The van der Waals surface area contributed by atoms with Crippen molar-refractivity contribution in [3.63, 3.8) is 0 Å². The van der Waals surface area contributed by atoms with E-state index >= 15 is 0 Å². The van der Waals surface area contributed by atoms with E-state index in [1.807, 2.05) is 31.3 Å². The van der Waals surface area contributed by atoms with Crippen molar-refractivity contribution < 1.29 is 14.6 Å². The van der Waals surface area contributed by atoms with Crippen LogP contribution in [0.2, 0.25) is 0 Å². The number of aliphatic carboxylic acids is 1. The molecule has 21 heavy (non-hydrogen) atoms. The van der Waals surface area contributed by atoms with Crippen molar-refractivity contribution in [3.05, 3.63) is 29.8 Å². The maximum Gasteiger partial charge on any atom is 0.310 e. The lowest BCUT2D eigenvalue weighted by Gasteiger charge is -2.36. The number of carbonyl (C=O) groups is 1. The zero-order chi connectivity index (χ0) is 15.3. The van der Waals surface area contributed by atoms with Crippen LogP contribution < -0.4 is 4.74 Å². The van der Waals surface area contributed by atoms with Gasteiger partial charge in [0.2, 0.25) is 0 Å². The van der Waals surface area contributed by atoms with Gasteiger partial charge in [-0.05, 0) is 26.0 Å². The third-order valence-electron chi connectivity index (χ3n) is 4.47. The predicted molar refractivity (Wildman–Crippen MR) is 82.5 cm³/mol. The Morgan fingerprint density at radius 3 is 2.57 bits per heavy atom. The Bertz CT molecular complexity index is 481. The topological polar surface area (TPSA) is 49.8 Å². The number of nitrogens with zero attached hydrogens (tertiary/aromatic N) is 1. The molecule has 1 saturated carbocycles. The van der Waals surface area contributed by atoms with Crippen LogP contribution in [0.5, 0.6) is 5.75 Å². The summed E-state index contributed by atoms with van der Waals surface area (Å²) in [4.78, 5) is 13.8. The zero-order valence-corrected chi connectivity index (χ0v) is 13.0. The van der Waals surface area contributed by atoms with Crippen molar-refractivity contribution in [2.75, 3.05) is 20.7 Å². The van der Waals surface area contributed by atoms with Crippen molar-refractivity contribution in [2.45, 2.75) is 38.6 Å². The van der Waals surface area contributed by atoms with Gasteiger partial charge in [-0.1, -0.05) is 37.5 Å². The molecule has 4 nitrogen and oxygen atoms in total. The van der Waals surface area contributed by atoms with Gasteiger partial charge in [-0.2, -0.15) is 0 Å². The van der Waals surface area contributed by atoms with Crippen LogP contribution >= 0.6 is 0 Å². The van der Waals surface area contributed by atoms with Gasteiger partial charge in [0.05, 0.1) is 12.5 Å². The summed E-state index contributed by atoms with van der Waals surface area (Å²) in [6.45, 7) is 1.30. The Morgan fingerprint density at radius 2 is 1.95 bits per heavy atom. The number of para-hydroxylation sites is 1. The van der Waals surface area contributed by atoms with Gasteiger partial charge in [0, 0.05) is 18.7 Å². The van der Waals surface area contributed by atoms with Crippen LogP contribution in [0.4, 0.5) is 0 Å². The Kier molecular flexibility index (Phi) is 5.23. The molecule has 1 aliphatic carbocycles. The molecule has 1 aliphatic rings. The van der Waals surface area contributed by atoms with Gasteiger partial charge in [0.15, 0.2) is 0 Å². The van der Waals surface area contributed by atoms with Crippen LogP contribution in [-0.2, 0) is 11.3 Å². The van der Waals surface area contributed by atoms with E-state index in [9.17, 15) is 9.90 Å². The van der Waals surface area contributed by atoms with Crippen molar-refractivity contribution in [1.29, 1.82) is 0 Å². The van der Waals surface area contributed by atoms with Gasteiger partial charge in [-0.3, -0.25) is 4.79 Å². The highest BCUT2D eigenvalue weighted by Crippen LogP contribution is 2.37. The van der Waals surface area contributed by atoms with Gasteiger partial charge < -0.3 is 14.7 Å². The summed E-state index contributed by atoms with van der Waals surface area (Å²) in [5.74, 6) is 0.214. The molecule has 0 unspecified atom stereocenters. The average molecular weight is 291 g/mol. The summed E-state index contributed by atoms with van der Waals surface area (Å²) in [5.41, 5.74) is 0.522. The molecule has 0 saturated heterocycles. The third kappa shape index (κ3) is 3.76. The van der Waals surface area contributed by atoms with Gasteiger partial charge in [0.1, 0.15) is 5.75 Å². The van der Waals surface area contributed by atoms with Crippen LogP contribution in [-0.4, -0.2) is 36.7 Å². The molecule has 1 N–H and O–H groups in total. The fourth-order valence-electron chi connectivity index (χ4n) is 3.37. The first-order valence-electron chi connectivity index (χ1n) is 7.61. The number of carboxylic acid groups (broad SMARTS) is 1. The molecule has 0 bridgehead atoms. The quantitative estimate of drug-likeness (QED) is 0.874. The minimum atomic E-state index is -0.644. The van der Waals surface area contributed by atoms with E-state index < -0.39 is 11.4 Å². The van der Waals surface area contributed by atoms with Gasteiger partial charge >= 0.3 is 5.97 Å². The van der Waals surface area contributed by atoms with Crippen molar-refractivity contribution in [3.8, 4) is 5.75 Å². The number of ether oxygens (including phenoxy) is 1. The van der Waals surface area contributed by atoms with Crippen molar-refractivity contribution in [2.24, 2.45) is 5.41 Å². The molecule has 1 aromatic rings. The molecular formula is C17H25NO3. The number of hydrogen-bond acceptors (Lipinski definition) is 3. The lowest BCUT2D eigenvalue weighted by atomic mass is 9.73. The molecule has 0 amide bonds.